The lowest BCUT2D eigenvalue weighted by Gasteiger charge is -2.18. The summed E-state index contributed by atoms with van der Waals surface area (Å²) in [6.07, 6.45) is 0. The van der Waals surface area contributed by atoms with E-state index in [-0.39, 0.29) is 11.3 Å². The Balaban J connectivity index is 2.96. The van der Waals surface area contributed by atoms with Crippen LogP contribution in [0.25, 0.3) is 0 Å². The normalized spacial score (nSPS) is 13.4. The third-order valence-corrected chi connectivity index (χ3v) is 4.26. The van der Waals surface area contributed by atoms with E-state index in [1.54, 1.807) is 0 Å². The van der Waals surface area contributed by atoms with Gasteiger partial charge in [0.25, 0.3) is 0 Å². The molecule has 1 aromatic rings. The maximum Gasteiger partial charge on any atom is 0.321 e. The third kappa shape index (κ3) is 3.09. The highest BCUT2D eigenvalue weighted by Crippen LogP contribution is 2.20. The lowest BCUT2D eigenvalue weighted by molar-refractivity contribution is -0.139. The number of benzene rings is 1. The van der Waals surface area contributed by atoms with Gasteiger partial charge in [-0.25, -0.2) is 8.78 Å². The fraction of sp³-hybridized carbons (Fsp3) is 0.364. The molecule has 0 heterocycles. The Bertz CT molecular complexity index is 472. The van der Waals surface area contributed by atoms with Crippen molar-refractivity contribution in [3.05, 3.63) is 35.4 Å². The summed E-state index contributed by atoms with van der Waals surface area (Å²) >= 11 is 0. The first kappa shape index (κ1) is 13.8. The van der Waals surface area contributed by atoms with Crippen molar-refractivity contribution in [2.75, 3.05) is 0 Å². The molecule has 17 heavy (non-hydrogen) atoms. The fourth-order valence-corrected chi connectivity index (χ4v) is 2.13. The summed E-state index contributed by atoms with van der Waals surface area (Å²) in [5, 5.41) is 8.85. The minimum Gasteiger partial charge on any atom is -0.480 e. The minimum atomic E-state index is -1.84. The summed E-state index contributed by atoms with van der Waals surface area (Å²) in [6.45, 7) is 2.56. The molecule has 0 aliphatic heterocycles. The molecule has 0 radical (unpaired) electrons. The molecular weight excluding hydrogens is 250 g/mol. The molecule has 1 atom stereocenters. The number of carboxylic acid groups (broad SMARTS) is 1. The van der Waals surface area contributed by atoms with Gasteiger partial charge in [0.05, 0.1) is 5.75 Å². The first-order valence-corrected chi connectivity index (χ1v) is 6.13. The van der Waals surface area contributed by atoms with Gasteiger partial charge in [0.15, 0.2) is 0 Å². The van der Waals surface area contributed by atoms with E-state index in [0.29, 0.717) is 0 Å². The number of hydrogen-bond donors (Lipinski definition) is 1. The lowest BCUT2D eigenvalue weighted by Crippen LogP contribution is -2.37. The number of halogens is 2. The molecule has 0 aliphatic rings. The van der Waals surface area contributed by atoms with Crippen LogP contribution >= 0.6 is 0 Å². The second-order valence-electron chi connectivity index (χ2n) is 4.04. The summed E-state index contributed by atoms with van der Waals surface area (Å²) in [5.74, 6) is -2.91. The van der Waals surface area contributed by atoms with Crippen LogP contribution < -0.4 is 0 Å². The molecule has 1 rings (SSSR count). The van der Waals surface area contributed by atoms with Crippen LogP contribution in [0.3, 0.4) is 0 Å². The maximum atomic E-state index is 13.3. The van der Waals surface area contributed by atoms with Crippen molar-refractivity contribution in [3.63, 3.8) is 0 Å². The summed E-state index contributed by atoms with van der Waals surface area (Å²) in [7, 11) is -1.84. The second kappa shape index (κ2) is 4.91. The van der Waals surface area contributed by atoms with Gasteiger partial charge in [-0.1, -0.05) is 0 Å². The molecule has 0 fully saturated rings. The van der Waals surface area contributed by atoms with Gasteiger partial charge in [-0.3, -0.25) is 9.00 Å². The van der Waals surface area contributed by atoms with Crippen molar-refractivity contribution >= 4 is 16.8 Å². The number of carboxylic acids is 1. The van der Waals surface area contributed by atoms with E-state index in [0.717, 1.165) is 18.2 Å². The third-order valence-electron chi connectivity index (χ3n) is 2.38. The van der Waals surface area contributed by atoms with Crippen LogP contribution in [0.1, 0.15) is 19.4 Å². The molecule has 0 spiro atoms. The Labute approximate surface area is 99.9 Å². The van der Waals surface area contributed by atoms with Crippen molar-refractivity contribution < 1.29 is 22.9 Å². The molecule has 0 saturated heterocycles. The average molecular weight is 262 g/mol. The van der Waals surface area contributed by atoms with Gasteiger partial charge >= 0.3 is 5.97 Å². The Morgan fingerprint density at radius 1 is 1.41 bits per heavy atom. The van der Waals surface area contributed by atoms with E-state index in [4.69, 9.17) is 5.11 Å². The van der Waals surface area contributed by atoms with Gasteiger partial charge in [-0.2, -0.15) is 0 Å². The molecule has 0 aliphatic carbocycles. The highest BCUT2D eigenvalue weighted by Gasteiger charge is 2.34. The monoisotopic (exact) mass is 262 g/mol. The van der Waals surface area contributed by atoms with Gasteiger partial charge < -0.3 is 5.11 Å². The molecule has 0 amide bonds. The highest BCUT2D eigenvalue weighted by molar-refractivity contribution is 7.86. The molecule has 1 unspecified atom stereocenters. The molecule has 94 valence electrons. The van der Waals surface area contributed by atoms with Gasteiger partial charge in [0.1, 0.15) is 16.4 Å². The lowest BCUT2D eigenvalue weighted by atomic mass is 10.2. The van der Waals surface area contributed by atoms with Crippen molar-refractivity contribution in [2.45, 2.75) is 24.3 Å². The fourth-order valence-electron chi connectivity index (χ4n) is 1.07. The zero-order valence-corrected chi connectivity index (χ0v) is 10.2. The van der Waals surface area contributed by atoms with Crippen molar-refractivity contribution in [1.82, 2.24) is 0 Å². The second-order valence-corrected chi connectivity index (χ2v) is 6.04. The van der Waals surface area contributed by atoms with Crippen LogP contribution in [0.2, 0.25) is 0 Å². The Hall–Kier alpha value is -1.30. The molecule has 6 heteroatoms. The molecule has 3 nitrogen and oxygen atoms in total. The quantitative estimate of drug-likeness (QED) is 0.903. The number of aliphatic carboxylic acids is 1. The summed E-state index contributed by atoms with van der Waals surface area (Å²) in [5.41, 5.74) is -0.0855. The number of hydrogen-bond acceptors (Lipinski definition) is 2. The van der Waals surface area contributed by atoms with Gasteiger partial charge in [0.2, 0.25) is 0 Å². The smallest absolute Gasteiger partial charge is 0.321 e. The van der Waals surface area contributed by atoms with Gasteiger partial charge in [-0.05, 0) is 32.0 Å². The molecular formula is C11H12F2O3S. The van der Waals surface area contributed by atoms with E-state index in [1.165, 1.54) is 13.8 Å². The van der Waals surface area contributed by atoms with Crippen LogP contribution in [0.15, 0.2) is 18.2 Å². The van der Waals surface area contributed by atoms with E-state index >= 15 is 0 Å². The highest BCUT2D eigenvalue weighted by atomic mass is 32.2. The Morgan fingerprint density at radius 2 is 2.00 bits per heavy atom. The molecule has 1 aromatic carbocycles. The van der Waals surface area contributed by atoms with Crippen LogP contribution in [-0.2, 0) is 21.3 Å². The largest absolute Gasteiger partial charge is 0.480 e. The Morgan fingerprint density at radius 3 is 2.53 bits per heavy atom. The van der Waals surface area contributed by atoms with Crippen LogP contribution in [0.5, 0.6) is 0 Å². The van der Waals surface area contributed by atoms with Gasteiger partial charge in [0, 0.05) is 16.4 Å². The topological polar surface area (TPSA) is 54.4 Å². The van der Waals surface area contributed by atoms with Crippen LogP contribution in [0, 0.1) is 11.6 Å². The first-order valence-electron chi connectivity index (χ1n) is 4.81. The first-order chi connectivity index (χ1) is 7.75. The standard InChI is InChI=1S/C11H12F2O3S/c1-11(2,10(14)15)17(16)6-7-5-8(12)3-4-9(7)13/h3-5H,6H2,1-2H3,(H,14,15). The number of carbonyl (C=O) groups is 1. The van der Waals surface area contributed by atoms with E-state index in [9.17, 15) is 17.8 Å². The average Bonchev–Trinajstić information content (AvgIpc) is 2.23. The predicted octanol–water partition coefficient (Wildman–Crippen LogP) is 2.08. The summed E-state index contributed by atoms with van der Waals surface area (Å²) in [4.78, 5) is 10.8. The van der Waals surface area contributed by atoms with E-state index < -0.39 is 33.2 Å². The zero-order chi connectivity index (χ0) is 13.2. The van der Waals surface area contributed by atoms with Gasteiger partial charge in [-0.15, -0.1) is 0 Å². The molecule has 0 aromatic heterocycles. The summed E-state index contributed by atoms with van der Waals surface area (Å²) in [6, 6.07) is 2.80. The van der Waals surface area contributed by atoms with Crippen molar-refractivity contribution in [1.29, 1.82) is 0 Å². The van der Waals surface area contributed by atoms with Crippen LogP contribution in [-0.4, -0.2) is 20.0 Å². The molecule has 1 N–H and O–H groups in total. The van der Waals surface area contributed by atoms with Crippen molar-refractivity contribution in [3.8, 4) is 0 Å². The van der Waals surface area contributed by atoms with E-state index in [1.807, 2.05) is 0 Å². The zero-order valence-electron chi connectivity index (χ0n) is 9.37. The molecule has 0 bridgehead atoms. The minimum absolute atomic E-state index is 0.0855. The van der Waals surface area contributed by atoms with Crippen molar-refractivity contribution in [2.24, 2.45) is 0 Å². The van der Waals surface area contributed by atoms with Crippen LogP contribution in [0.4, 0.5) is 8.78 Å². The Kier molecular flexibility index (Phi) is 3.98. The summed E-state index contributed by atoms with van der Waals surface area (Å²) < 4.78 is 36.4. The SMILES string of the molecule is CC(C)(C(=O)O)S(=O)Cc1cc(F)ccc1F. The predicted molar refractivity (Wildman–Crippen MR) is 59.9 cm³/mol. The maximum absolute atomic E-state index is 13.3. The molecule has 0 saturated carbocycles. The van der Waals surface area contributed by atoms with E-state index in [2.05, 4.69) is 0 Å². The number of rotatable bonds is 4.